The molecular formula is C51H59BrF3N10O5P. The number of aromatic nitrogens is 3. The maximum absolute atomic E-state index is 15.6. The summed E-state index contributed by atoms with van der Waals surface area (Å²) in [4.78, 5) is 60.1. The number of imide groups is 1. The summed E-state index contributed by atoms with van der Waals surface area (Å²) in [5.74, 6) is -3.39. The lowest BCUT2D eigenvalue weighted by Crippen LogP contribution is -2.55. The summed E-state index contributed by atoms with van der Waals surface area (Å²) in [7, 11) is -1.32. The lowest BCUT2D eigenvalue weighted by atomic mass is 9.89. The van der Waals surface area contributed by atoms with Crippen molar-refractivity contribution in [3.63, 3.8) is 0 Å². The number of ether oxygens (including phenoxy) is 1. The van der Waals surface area contributed by atoms with Gasteiger partial charge in [0.05, 0.1) is 34.8 Å². The average molecular weight is 1060 g/mol. The first-order valence-electron chi connectivity index (χ1n) is 24.3. The van der Waals surface area contributed by atoms with Crippen LogP contribution in [0.2, 0.25) is 0 Å². The second-order valence-electron chi connectivity index (χ2n) is 19.2. The molecule has 20 heteroatoms. The van der Waals surface area contributed by atoms with Gasteiger partial charge in [-0.1, -0.05) is 19.9 Å². The lowest BCUT2D eigenvalue weighted by molar-refractivity contribution is -0.137. The van der Waals surface area contributed by atoms with Gasteiger partial charge in [0.15, 0.2) is 5.82 Å². The van der Waals surface area contributed by atoms with E-state index in [0.717, 1.165) is 62.4 Å². The number of rotatable bonds is 13. The molecule has 0 bridgehead atoms. The van der Waals surface area contributed by atoms with Gasteiger partial charge in [-0.3, -0.25) is 24.6 Å². The highest BCUT2D eigenvalue weighted by molar-refractivity contribution is 9.10. The van der Waals surface area contributed by atoms with Crippen molar-refractivity contribution in [1.82, 2.24) is 30.1 Å². The predicted octanol–water partition coefficient (Wildman–Crippen LogP) is 8.23. The van der Waals surface area contributed by atoms with Crippen LogP contribution in [0.5, 0.6) is 5.75 Å². The first-order chi connectivity index (χ1) is 34.0. The van der Waals surface area contributed by atoms with Crippen LogP contribution in [0, 0.1) is 23.4 Å². The zero-order chi connectivity index (χ0) is 50.3. The van der Waals surface area contributed by atoms with E-state index in [-0.39, 0.29) is 41.7 Å². The second-order valence-corrected chi connectivity index (χ2v) is 23.2. The van der Waals surface area contributed by atoms with Crippen molar-refractivity contribution in [3.8, 4) is 5.75 Å². The standard InChI is InChI=1S/C51H59BrF3N10O5P/c1-6-29-22-40(59-51-56-27-36(52)48(61-51)58-41-25-39(55)46-35(47(41)71(4,5)69)9-8-31(7-2)57-46)43(70-3)26-42(29)63-16-13-32(14-17-63)62-18-20-64(21-19-62)50(68)30-12-15-65(28-30)33-23-37(53)45(38(54)24-33)34-10-11-44(66)60-49(34)67/h8-9,22-27,30,32,34H,6-7,10-21,28H2,1-5H3,(H,60,66,67)(H2,56,58,59,61). The summed E-state index contributed by atoms with van der Waals surface area (Å²) >= 11 is 3.54. The summed E-state index contributed by atoms with van der Waals surface area (Å²) in [6.07, 6.45) is 5.56. The highest BCUT2D eigenvalue weighted by atomic mass is 79.9. The van der Waals surface area contributed by atoms with Gasteiger partial charge in [0.1, 0.15) is 35.9 Å². The Kier molecular flexibility index (Phi) is 14.7. The van der Waals surface area contributed by atoms with Crippen molar-refractivity contribution >= 4 is 91.5 Å². The molecule has 3 N–H and O–H groups in total. The number of methoxy groups -OCH3 is 1. The molecule has 9 rings (SSSR count). The predicted molar refractivity (Wildman–Crippen MR) is 274 cm³/mol. The maximum Gasteiger partial charge on any atom is 0.234 e. The molecule has 0 radical (unpaired) electrons. The van der Waals surface area contributed by atoms with Gasteiger partial charge in [-0.2, -0.15) is 4.98 Å². The number of aryl methyl sites for hydroxylation is 2. The van der Waals surface area contributed by atoms with E-state index in [1.165, 1.54) is 18.2 Å². The van der Waals surface area contributed by atoms with Gasteiger partial charge >= 0.3 is 0 Å². The third-order valence-corrected chi connectivity index (χ3v) is 16.5. The highest BCUT2D eigenvalue weighted by Crippen LogP contribution is 2.43. The van der Waals surface area contributed by atoms with Gasteiger partial charge in [0.2, 0.25) is 23.7 Å². The Labute approximate surface area is 419 Å². The number of hydrogen-bond donors (Lipinski definition) is 3. The summed E-state index contributed by atoms with van der Waals surface area (Å²) < 4.78 is 66.4. The molecule has 71 heavy (non-hydrogen) atoms. The van der Waals surface area contributed by atoms with Gasteiger partial charge in [0.25, 0.3) is 0 Å². The molecule has 4 saturated heterocycles. The van der Waals surface area contributed by atoms with Crippen LogP contribution < -0.4 is 35.8 Å². The molecule has 0 aliphatic carbocycles. The van der Waals surface area contributed by atoms with Crippen LogP contribution in [-0.4, -0.2) is 121 Å². The number of nitrogens with one attached hydrogen (secondary N) is 3. The first kappa shape index (κ1) is 50.2. The molecule has 2 atom stereocenters. The van der Waals surface area contributed by atoms with E-state index in [1.54, 1.807) is 32.7 Å². The number of halogens is 4. The van der Waals surface area contributed by atoms with Gasteiger partial charge in [0, 0.05) is 116 Å². The van der Waals surface area contributed by atoms with Crippen molar-refractivity contribution in [2.45, 2.75) is 70.8 Å². The fourth-order valence-electron chi connectivity index (χ4n) is 10.7. The van der Waals surface area contributed by atoms with E-state index in [0.29, 0.717) is 88.9 Å². The Hall–Kier alpha value is -5.78. The Bertz CT molecular complexity index is 2920. The largest absolute Gasteiger partial charge is 0.494 e. The number of carbonyl (C=O) groups excluding carboxylic acids is 3. The van der Waals surface area contributed by atoms with Gasteiger partial charge < -0.3 is 34.6 Å². The molecule has 6 heterocycles. The molecule has 4 aliphatic heterocycles. The number of hydrogen-bond acceptors (Lipinski definition) is 13. The number of pyridine rings is 1. The second kappa shape index (κ2) is 20.7. The molecule has 2 aromatic heterocycles. The molecule has 0 saturated carbocycles. The number of piperazine rings is 1. The van der Waals surface area contributed by atoms with Crippen molar-refractivity contribution < 1.29 is 36.9 Å². The number of amides is 3. The topological polar surface area (TPSA) is 165 Å². The Morgan fingerprint density at radius 3 is 2.24 bits per heavy atom. The smallest absolute Gasteiger partial charge is 0.234 e. The Morgan fingerprint density at radius 2 is 1.58 bits per heavy atom. The van der Waals surface area contributed by atoms with Gasteiger partial charge in [-0.15, -0.1) is 0 Å². The average Bonchev–Trinajstić information content (AvgIpc) is 3.85. The first-order valence-corrected chi connectivity index (χ1v) is 27.7. The molecule has 0 spiro atoms. The van der Waals surface area contributed by atoms with E-state index in [1.807, 2.05) is 22.8 Å². The normalized spacial score (nSPS) is 19.4. The minimum Gasteiger partial charge on any atom is -0.494 e. The van der Waals surface area contributed by atoms with Crippen LogP contribution in [0.25, 0.3) is 10.9 Å². The third-order valence-electron chi connectivity index (χ3n) is 14.4. The summed E-state index contributed by atoms with van der Waals surface area (Å²) in [6, 6.07) is 11.9. The molecule has 4 fully saturated rings. The van der Waals surface area contributed by atoms with E-state index in [2.05, 4.69) is 70.7 Å². The van der Waals surface area contributed by atoms with E-state index in [4.69, 9.17) is 9.72 Å². The van der Waals surface area contributed by atoms with Crippen LogP contribution in [0.4, 0.5) is 47.7 Å². The quantitative estimate of drug-likeness (QED) is 0.0764. The minimum absolute atomic E-state index is 0.0202. The lowest BCUT2D eigenvalue weighted by Gasteiger charge is -2.44. The summed E-state index contributed by atoms with van der Waals surface area (Å²) in [5, 5.41) is 9.71. The molecule has 15 nitrogen and oxygen atoms in total. The molecule has 3 aromatic carbocycles. The fraction of sp³-hybridized carbons (Fsp3) is 0.451. The molecule has 4 aliphatic rings. The van der Waals surface area contributed by atoms with E-state index >= 15 is 13.2 Å². The maximum atomic E-state index is 15.6. The number of piperidine rings is 2. The number of anilines is 6. The van der Waals surface area contributed by atoms with Crippen molar-refractivity contribution in [1.29, 1.82) is 0 Å². The van der Waals surface area contributed by atoms with Crippen molar-refractivity contribution in [2.24, 2.45) is 5.92 Å². The zero-order valence-electron chi connectivity index (χ0n) is 40.6. The molecule has 2 unspecified atom stereocenters. The number of nitrogens with zero attached hydrogens (tertiary/aromatic N) is 7. The molecule has 376 valence electrons. The summed E-state index contributed by atoms with van der Waals surface area (Å²) in [5.41, 5.74) is 4.17. The van der Waals surface area contributed by atoms with Crippen LogP contribution in [-0.2, 0) is 31.8 Å². The zero-order valence-corrected chi connectivity index (χ0v) is 43.1. The Balaban J connectivity index is 0.804. The highest BCUT2D eigenvalue weighted by Gasteiger charge is 2.37. The van der Waals surface area contributed by atoms with Gasteiger partial charge in [-0.05, 0) is 97.6 Å². The number of carbonyl (C=O) groups is 3. The Morgan fingerprint density at radius 1 is 0.859 bits per heavy atom. The SMILES string of the molecule is CCc1ccc2c(P(C)(C)=O)c(Nc3nc(Nc4cc(CC)c(N5CCC(N6CCN(C(=O)C7CCN(c8cc(F)c(C9CCC(=O)NC9=O)c(F)c8)C7)CC6)CC5)cc4OC)ncc3Br)cc(F)c2n1. The monoisotopic (exact) mass is 1060 g/mol. The van der Waals surface area contributed by atoms with E-state index < -0.39 is 42.3 Å². The minimum atomic E-state index is -2.94. The number of fused-ring (bicyclic) bond motifs is 1. The summed E-state index contributed by atoms with van der Waals surface area (Å²) in [6.45, 7) is 12.7. The molecule has 3 amide bonds. The van der Waals surface area contributed by atoms with Crippen LogP contribution in [0.1, 0.15) is 68.7 Å². The van der Waals surface area contributed by atoms with Crippen LogP contribution >= 0.6 is 23.1 Å². The number of benzene rings is 3. The van der Waals surface area contributed by atoms with E-state index in [9.17, 15) is 18.9 Å². The molecule has 5 aromatic rings. The molecular weight excluding hydrogens is 1000 g/mol. The van der Waals surface area contributed by atoms with Crippen LogP contribution in [0.15, 0.2) is 53.1 Å². The van der Waals surface area contributed by atoms with Gasteiger partial charge in [-0.25, -0.2) is 23.1 Å². The van der Waals surface area contributed by atoms with Crippen molar-refractivity contribution in [2.75, 3.05) is 93.2 Å². The fourth-order valence-corrected chi connectivity index (χ4v) is 12.4. The third kappa shape index (κ3) is 10.5. The van der Waals surface area contributed by atoms with Crippen molar-refractivity contribution in [3.05, 3.63) is 87.4 Å². The van der Waals surface area contributed by atoms with Crippen LogP contribution in [0.3, 0.4) is 0 Å².